The van der Waals surface area contributed by atoms with Crippen LogP contribution in [0.5, 0.6) is 0 Å². The van der Waals surface area contributed by atoms with E-state index in [1.807, 2.05) is 24.4 Å². The molecule has 0 aromatic carbocycles. The standard InChI is InChI=1S/C17H20N6O2/c24-15-17(5-1-6-18-15)11-22(12-17)16(25)20-10-13-3-4-14(19-9-13)23-8-2-7-21-23/h2-4,7-9H,1,5-6,10-12H2,(H,18,24)(H,20,25). The number of pyridine rings is 1. The lowest BCUT2D eigenvalue weighted by molar-refractivity contribution is -0.142. The average molecular weight is 340 g/mol. The summed E-state index contributed by atoms with van der Waals surface area (Å²) >= 11 is 0. The molecule has 2 fully saturated rings. The van der Waals surface area contributed by atoms with E-state index in [1.165, 1.54) is 0 Å². The first-order valence-electron chi connectivity index (χ1n) is 8.42. The molecular formula is C17H20N6O2. The zero-order chi connectivity index (χ0) is 17.3. The predicted octanol–water partition coefficient (Wildman–Crippen LogP) is 0.689. The number of piperidine rings is 1. The van der Waals surface area contributed by atoms with Crippen molar-refractivity contribution in [2.24, 2.45) is 5.41 Å². The highest BCUT2D eigenvalue weighted by Crippen LogP contribution is 2.37. The van der Waals surface area contributed by atoms with Gasteiger partial charge in [-0.15, -0.1) is 0 Å². The fraction of sp³-hybridized carbons (Fsp3) is 0.412. The molecule has 4 rings (SSSR count). The van der Waals surface area contributed by atoms with Gasteiger partial charge in [0.25, 0.3) is 0 Å². The minimum atomic E-state index is -0.359. The van der Waals surface area contributed by atoms with Crippen LogP contribution in [-0.4, -0.2) is 51.2 Å². The Hall–Kier alpha value is -2.90. The van der Waals surface area contributed by atoms with E-state index >= 15 is 0 Å². The molecule has 0 aliphatic carbocycles. The van der Waals surface area contributed by atoms with Crippen molar-refractivity contribution in [1.29, 1.82) is 0 Å². The van der Waals surface area contributed by atoms with E-state index in [0.717, 1.165) is 30.8 Å². The lowest BCUT2D eigenvalue weighted by atomic mass is 9.73. The smallest absolute Gasteiger partial charge is 0.317 e. The number of aromatic nitrogens is 3. The first-order valence-corrected chi connectivity index (χ1v) is 8.42. The average Bonchev–Trinajstić information content (AvgIpc) is 3.13. The number of nitrogens with one attached hydrogen (secondary N) is 2. The number of rotatable bonds is 3. The van der Waals surface area contributed by atoms with Crippen molar-refractivity contribution in [2.75, 3.05) is 19.6 Å². The summed E-state index contributed by atoms with van der Waals surface area (Å²) < 4.78 is 1.68. The van der Waals surface area contributed by atoms with Crippen LogP contribution in [-0.2, 0) is 11.3 Å². The molecule has 3 amide bonds. The van der Waals surface area contributed by atoms with Crippen LogP contribution in [0, 0.1) is 5.41 Å². The SMILES string of the molecule is O=C(NCc1ccc(-n2cccn2)nc1)N1CC2(CCCNC2=O)C1. The summed E-state index contributed by atoms with van der Waals surface area (Å²) in [5.74, 6) is 0.814. The largest absolute Gasteiger partial charge is 0.356 e. The van der Waals surface area contributed by atoms with Crippen LogP contribution in [0.15, 0.2) is 36.8 Å². The van der Waals surface area contributed by atoms with Crippen LogP contribution < -0.4 is 10.6 Å². The minimum absolute atomic E-state index is 0.0845. The molecule has 130 valence electrons. The van der Waals surface area contributed by atoms with Gasteiger partial charge in [-0.1, -0.05) is 6.07 Å². The molecule has 8 nitrogen and oxygen atoms in total. The maximum absolute atomic E-state index is 12.2. The van der Waals surface area contributed by atoms with Crippen molar-refractivity contribution >= 4 is 11.9 Å². The van der Waals surface area contributed by atoms with Crippen LogP contribution in [0.3, 0.4) is 0 Å². The predicted molar refractivity (Wildman–Crippen MR) is 89.8 cm³/mol. The lowest BCUT2D eigenvalue weighted by Crippen LogP contribution is -2.67. The Kier molecular flexibility index (Phi) is 3.87. The van der Waals surface area contributed by atoms with Gasteiger partial charge >= 0.3 is 6.03 Å². The third-order valence-corrected chi connectivity index (χ3v) is 4.87. The van der Waals surface area contributed by atoms with Gasteiger partial charge in [-0.3, -0.25) is 4.79 Å². The third kappa shape index (κ3) is 2.95. The normalized spacial score (nSPS) is 18.6. The van der Waals surface area contributed by atoms with Crippen molar-refractivity contribution in [1.82, 2.24) is 30.3 Å². The molecule has 2 aliphatic rings. The van der Waals surface area contributed by atoms with E-state index in [0.29, 0.717) is 19.6 Å². The quantitative estimate of drug-likeness (QED) is 0.860. The Balaban J connectivity index is 1.29. The topological polar surface area (TPSA) is 92.2 Å². The first-order chi connectivity index (χ1) is 12.2. The van der Waals surface area contributed by atoms with E-state index in [2.05, 4.69) is 20.7 Å². The summed E-state index contributed by atoms with van der Waals surface area (Å²) in [5, 5.41) is 9.91. The van der Waals surface area contributed by atoms with Crippen LogP contribution in [0.4, 0.5) is 4.79 Å². The van der Waals surface area contributed by atoms with Crippen molar-refractivity contribution in [3.8, 4) is 5.82 Å². The number of carbonyl (C=O) groups excluding carboxylic acids is 2. The molecule has 0 bridgehead atoms. The van der Waals surface area contributed by atoms with Gasteiger partial charge in [0.2, 0.25) is 5.91 Å². The van der Waals surface area contributed by atoms with Gasteiger partial charge in [0.05, 0.1) is 5.41 Å². The molecular weight excluding hydrogens is 320 g/mol. The van der Waals surface area contributed by atoms with E-state index in [4.69, 9.17) is 0 Å². The maximum Gasteiger partial charge on any atom is 0.317 e. The summed E-state index contributed by atoms with van der Waals surface area (Å²) in [5.41, 5.74) is 0.553. The second-order valence-electron chi connectivity index (χ2n) is 6.63. The molecule has 0 unspecified atom stereocenters. The van der Waals surface area contributed by atoms with Gasteiger partial charge in [0, 0.05) is 44.8 Å². The van der Waals surface area contributed by atoms with Crippen LogP contribution in [0.25, 0.3) is 5.82 Å². The highest BCUT2D eigenvalue weighted by Gasteiger charge is 2.51. The number of amides is 3. The van der Waals surface area contributed by atoms with E-state index < -0.39 is 0 Å². The Morgan fingerprint density at radius 1 is 1.36 bits per heavy atom. The molecule has 2 aliphatic heterocycles. The molecule has 1 spiro atoms. The monoisotopic (exact) mass is 340 g/mol. The Labute approximate surface area is 145 Å². The fourth-order valence-electron chi connectivity index (χ4n) is 3.41. The van der Waals surface area contributed by atoms with Gasteiger partial charge in [0.15, 0.2) is 5.82 Å². The van der Waals surface area contributed by atoms with Crippen molar-refractivity contribution < 1.29 is 9.59 Å². The summed E-state index contributed by atoms with van der Waals surface area (Å²) in [7, 11) is 0. The molecule has 8 heteroatoms. The highest BCUT2D eigenvalue weighted by atomic mass is 16.2. The Morgan fingerprint density at radius 2 is 2.24 bits per heavy atom. The summed E-state index contributed by atoms with van der Waals surface area (Å²) in [4.78, 5) is 30.3. The van der Waals surface area contributed by atoms with Gasteiger partial charge in [0.1, 0.15) is 0 Å². The second-order valence-corrected chi connectivity index (χ2v) is 6.63. The van der Waals surface area contributed by atoms with Gasteiger partial charge in [-0.05, 0) is 30.5 Å². The number of urea groups is 1. The molecule has 0 radical (unpaired) electrons. The molecule has 2 aromatic heterocycles. The molecule has 2 saturated heterocycles. The fourth-order valence-corrected chi connectivity index (χ4v) is 3.41. The van der Waals surface area contributed by atoms with Crippen molar-refractivity contribution in [3.05, 3.63) is 42.4 Å². The molecule has 2 aromatic rings. The molecule has 4 heterocycles. The summed E-state index contributed by atoms with van der Waals surface area (Å²) in [6, 6.07) is 5.47. The maximum atomic E-state index is 12.2. The van der Waals surface area contributed by atoms with Gasteiger partial charge < -0.3 is 15.5 Å². The minimum Gasteiger partial charge on any atom is -0.356 e. The summed E-state index contributed by atoms with van der Waals surface area (Å²) in [6.45, 7) is 2.15. The van der Waals surface area contributed by atoms with Crippen molar-refractivity contribution in [2.45, 2.75) is 19.4 Å². The Bertz CT molecular complexity index is 765. The van der Waals surface area contributed by atoms with Gasteiger partial charge in [-0.25, -0.2) is 14.5 Å². The van der Waals surface area contributed by atoms with Crippen molar-refractivity contribution in [3.63, 3.8) is 0 Å². The van der Waals surface area contributed by atoms with E-state index in [9.17, 15) is 9.59 Å². The molecule has 0 saturated carbocycles. The van der Waals surface area contributed by atoms with E-state index in [-0.39, 0.29) is 17.4 Å². The first kappa shape index (κ1) is 15.6. The Morgan fingerprint density at radius 3 is 2.92 bits per heavy atom. The number of hydrogen-bond donors (Lipinski definition) is 2. The number of likely N-dealkylation sites (tertiary alicyclic amines) is 1. The number of hydrogen-bond acceptors (Lipinski definition) is 4. The van der Waals surface area contributed by atoms with Crippen LogP contribution in [0.1, 0.15) is 18.4 Å². The molecule has 2 N–H and O–H groups in total. The number of carbonyl (C=O) groups is 2. The van der Waals surface area contributed by atoms with Crippen LogP contribution in [0.2, 0.25) is 0 Å². The zero-order valence-electron chi connectivity index (χ0n) is 13.8. The zero-order valence-corrected chi connectivity index (χ0v) is 13.8. The number of nitrogens with zero attached hydrogens (tertiary/aromatic N) is 4. The summed E-state index contributed by atoms with van der Waals surface area (Å²) in [6.07, 6.45) is 7.09. The highest BCUT2D eigenvalue weighted by molar-refractivity contribution is 5.87. The third-order valence-electron chi connectivity index (χ3n) is 4.87. The van der Waals surface area contributed by atoms with Gasteiger partial charge in [-0.2, -0.15) is 5.10 Å². The molecule has 25 heavy (non-hydrogen) atoms. The molecule has 0 atom stereocenters. The second kappa shape index (κ2) is 6.19. The van der Waals surface area contributed by atoms with E-state index in [1.54, 1.807) is 22.0 Å². The van der Waals surface area contributed by atoms with Crippen LogP contribution >= 0.6 is 0 Å². The lowest BCUT2D eigenvalue weighted by Gasteiger charge is -2.50.